The van der Waals surface area contributed by atoms with Crippen LogP contribution in [0.4, 0.5) is 0 Å². The molecule has 31 heavy (non-hydrogen) atoms. The average Bonchev–Trinajstić information content (AvgIpc) is 2.64. The lowest BCUT2D eigenvalue weighted by Gasteiger charge is -2.35. The van der Waals surface area contributed by atoms with Crippen LogP contribution >= 0.6 is 0 Å². The molecule has 180 valence electrons. The fourth-order valence-corrected chi connectivity index (χ4v) is 3.18. The Morgan fingerprint density at radius 3 is 1.84 bits per heavy atom. The van der Waals surface area contributed by atoms with Crippen LogP contribution in [0.25, 0.3) is 0 Å². The van der Waals surface area contributed by atoms with Gasteiger partial charge in [-0.1, -0.05) is 40.7 Å². The quantitative estimate of drug-likeness (QED) is 0.210. The molecule has 0 aliphatic carbocycles. The smallest absolute Gasteiger partial charge is 0.330 e. The van der Waals surface area contributed by atoms with Crippen LogP contribution < -0.4 is 0 Å². The Morgan fingerprint density at radius 2 is 1.39 bits per heavy atom. The summed E-state index contributed by atoms with van der Waals surface area (Å²) in [5.74, 6) is -1.34. The van der Waals surface area contributed by atoms with E-state index in [2.05, 4.69) is 27.4 Å². The first-order chi connectivity index (χ1) is 13.9. The third kappa shape index (κ3) is 10.3. The highest BCUT2D eigenvalue weighted by Gasteiger charge is 2.42. The van der Waals surface area contributed by atoms with E-state index in [1.54, 1.807) is 27.7 Å². The van der Waals surface area contributed by atoms with Crippen molar-refractivity contribution in [3.05, 3.63) is 12.7 Å². The highest BCUT2D eigenvalue weighted by atomic mass is 16.6. The zero-order chi connectivity index (χ0) is 24.7. The van der Waals surface area contributed by atoms with Crippen molar-refractivity contribution in [1.82, 2.24) is 0 Å². The number of carbonyl (C=O) groups excluding carboxylic acids is 3. The van der Waals surface area contributed by atoms with Gasteiger partial charge in [-0.25, -0.2) is 4.79 Å². The van der Waals surface area contributed by atoms with Gasteiger partial charge in [-0.2, -0.15) is 0 Å². The summed E-state index contributed by atoms with van der Waals surface area (Å²) in [5, 5.41) is 0. The van der Waals surface area contributed by atoms with Crippen molar-refractivity contribution in [2.45, 2.75) is 107 Å². The maximum absolute atomic E-state index is 12.9. The largest absolute Gasteiger partial charge is 0.461 e. The van der Waals surface area contributed by atoms with Gasteiger partial charge in [0.15, 0.2) is 0 Å². The Labute approximate surface area is 189 Å². The summed E-state index contributed by atoms with van der Waals surface area (Å²) in [6, 6.07) is 0. The van der Waals surface area contributed by atoms with Gasteiger partial charge in [0, 0.05) is 6.08 Å². The Morgan fingerprint density at radius 1 is 0.871 bits per heavy atom. The number of hydrogen-bond donors (Lipinski definition) is 0. The zero-order valence-corrected chi connectivity index (χ0v) is 21.3. The van der Waals surface area contributed by atoms with E-state index in [0.717, 1.165) is 12.5 Å². The first-order valence-corrected chi connectivity index (χ1v) is 11.1. The lowest BCUT2D eigenvalue weighted by atomic mass is 9.75. The topological polar surface area (TPSA) is 78.9 Å². The third-order valence-corrected chi connectivity index (χ3v) is 5.80. The van der Waals surface area contributed by atoms with Gasteiger partial charge in [-0.15, -0.1) is 0 Å². The fourth-order valence-electron chi connectivity index (χ4n) is 3.18. The molecule has 0 amide bonds. The number of rotatable bonds is 13. The predicted molar refractivity (Wildman–Crippen MR) is 122 cm³/mol. The Bertz CT molecular complexity index is 642. The summed E-state index contributed by atoms with van der Waals surface area (Å²) >= 11 is 0. The van der Waals surface area contributed by atoms with Gasteiger partial charge in [0.2, 0.25) is 0 Å². The number of ether oxygens (including phenoxy) is 3. The van der Waals surface area contributed by atoms with Crippen molar-refractivity contribution in [3.63, 3.8) is 0 Å². The highest BCUT2D eigenvalue weighted by Crippen LogP contribution is 2.37. The van der Waals surface area contributed by atoms with Crippen molar-refractivity contribution in [1.29, 1.82) is 0 Å². The van der Waals surface area contributed by atoms with Crippen LogP contribution in [0.1, 0.15) is 94.9 Å². The minimum Gasteiger partial charge on any atom is -0.461 e. The molecule has 0 radical (unpaired) electrons. The molecule has 0 fully saturated rings. The van der Waals surface area contributed by atoms with Crippen LogP contribution in [-0.4, -0.2) is 36.2 Å². The van der Waals surface area contributed by atoms with Crippen molar-refractivity contribution in [2.75, 3.05) is 6.61 Å². The molecule has 0 aliphatic heterocycles. The van der Waals surface area contributed by atoms with Gasteiger partial charge in [-0.3, -0.25) is 9.59 Å². The van der Waals surface area contributed by atoms with Crippen LogP contribution in [0.5, 0.6) is 0 Å². The zero-order valence-electron chi connectivity index (χ0n) is 21.3. The number of carbonyl (C=O) groups is 3. The molecule has 0 heterocycles. The SMILES string of the molecule is C=CC(=O)OC(COC(=O)C(C)(C)CC(C)(C)C(=O)OC(C)(C)CC)CC(C)(C)CC. The summed E-state index contributed by atoms with van der Waals surface area (Å²) in [6.07, 6.45) is 2.93. The van der Waals surface area contributed by atoms with Gasteiger partial charge < -0.3 is 14.2 Å². The van der Waals surface area contributed by atoms with Crippen molar-refractivity contribution in [3.8, 4) is 0 Å². The Balaban J connectivity index is 5.20. The van der Waals surface area contributed by atoms with Gasteiger partial charge in [-0.05, 0) is 66.2 Å². The molecule has 0 aromatic heterocycles. The Hall–Kier alpha value is -1.85. The van der Waals surface area contributed by atoms with Gasteiger partial charge in [0.05, 0.1) is 10.8 Å². The molecular formula is C25H44O6. The average molecular weight is 441 g/mol. The monoisotopic (exact) mass is 440 g/mol. The van der Waals surface area contributed by atoms with Crippen LogP contribution in [0.2, 0.25) is 0 Å². The highest BCUT2D eigenvalue weighted by molar-refractivity contribution is 5.81. The molecule has 0 rings (SSSR count). The van der Waals surface area contributed by atoms with E-state index in [0.29, 0.717) is 12.8 Å². The lowest BCUT2D eigenvalue weighted by Crippen LogP contribution is -2.41. The molecule has 0 aromatic rings. The van der Waals surface area contributed by atoms with Crippen LogP contribution in [-0.2, 0) is 28.6 Å². The fraction of sp³-hybridized carbons (Fsp3) is 0.800. The molecule has 6 heteroatoms. The lowest BCUT2D eigenvalue weighted by molar-refractivity contribution is -0.173. The molecule has 0 aliphatic rings. The van der Waals surface area contributed by atoms with E-state index in [-0.39, 0.29) is 24.4 Å². The van der Waals surface area contributed by atoms with Crippen molar-refractivity contribution >= 4 is 17.9 Å². The molecule has 0 saturated carbocycles. The summed E-state index contributed by atoms with van der Waals surface area (Å²) < 4.78 is 16.6. The number of hydrogen-bond acceptors (Lipinski definition) is 6. The third-order valence-electron chi connectivity index (χ3n) is 5.80. The van der Waals surface area contributed by atoms with E-state index >= 15 is 0 Å². The minimum atomic E-state index is -0.924. The van der Waals surface area contributed by atoms with Crippen LogP contribution in [0, 0.1) is 16.2 Å². The number of esters is 3. The molecule has 0 spiro atoms. The second-order valence-electron chi connectivity index (χ2n) is 11.0. The van der Waals surface area contributed by atoms with E-state index < -0.39 is 34.5 Å². The van der Waals surface area contributed by atoms with E-state index in [1.165, 1.54) is 0 Å². The van der Waals surface area contributed by atoms with E-state index in [1.807, 2.05) is 20.8 Å². The summed E-state index contributed by atoms with van der Waals surface area (Å²) in [6.45, 7) is 22.3. The first-order valence-electron chi connectivity index (χ1n) is 11.1. The molecule has 1 unspecified atom stereocenters. The summed E-state index contributed by atoms with van der Waals surface area (Å²) in [5.41, 5.74) is -2.43. The van der Waals surface area contributed by atoms with Gasteiger partial charge >= 0.3 is 17.9 Å². The molecule has 1 atom stereocenters. The molecule has 0 aromatic carbocycles. The second-order valence-corrected chi connectivity index (χ2v) is 11.0. The maximum atomic E-state index is 12.9. The Kier molecular flexibility index (Phi) is 10.5. The van der Waals surface area contributed by atoms with Gasteiger partial charge in [0.25, 0.3) is 0 Å². The van der Waals surface area contributed by atoms with E-state index in [4.69, 9.17) is 14.2 Å². The normalized spacial score (nSPS) is 13.9. The van der Waals surface area contributed by atoms with Crippen LogP contribution in [0.15, 0.2) is 12.7 Å². The molecule has 0 bridgehead atoms. The standard InChI is InChI=1S/C25H44O6/c1-12-19(26)30-18(15-22(4,5)13-2)16-29-20(27)23(6,7)17-24(8,9)21(28)31-25(10,11)14-3/h12,18H,1,13-17H2,2-11H3. The molecule has 6 nitrogen and oxygen atoms in total. The molecule has 0 N–H and O–H groups in total. The minimum absolute atomic E-state index is 0.0426. The van der Waals surface area contributed by atoms with Crippen LogP contribution in [0.3, 0.4) is 0 Å². The molecular weight excluding hydrogens is 396 g/mol. The van der Waals surface area contributed by atoms with Crippen molar-refractivity contribution < 1.29 is 28.6 Å². The summed E-state index contributed by atoms with van der Waals surface area (Å²) in [7, 11) is 0. The predicted octanol–water partition coefficient (Wildman–Crippen LogP) is 5.63. The van der Waals surface area contributed by atoms with Crippen molar-refractivity contribution in [2.24, 2.45) is 16.2 Å². The molecule has 0 saturated heterocycles. The summed E-state index contributed by atoms with van der Waals surface area (Å²) in [4.78, 5) is 37.3. The van der Waals surface area contributed by atoms with Gasteiger partial charge in [0.1, 0.15) is 18.3 Å². The van der Waals surface area contributed by atoms with E-state index in [9.17, 15) is 14.4 Å². The first kappa shape index (κ1) is 29.1. The maximum Gasteiger partial charge on any atom is 0.330 e. The second kappa shape index (κ2) is 11.1.